The van der Waals surface area contributed by atoms with E-state index in [1.165, 1.54) is 32.1 Å². The Morgan fingerprint density at radius 1 is 1.11 bits per heavy atom. The van der Waals surface area contributed by atoms with Crippen LogP contribution in [-0.4, -0.2) is 30.8 Å². The van der Waals surface area contributed by atoms with Crippen LogP contribution in [0.3, 0.4) is 0 Å². The SMILES string of the molecule is O=C(NCC1CC2CCC1C2)NC1CC2CCC1O2. The number of urea groups is 1. The summed E-state index contributed by atoms with van der Waals surface area (Å²) in [5, 5.41) is 6.19. The smallest absolute Gasteiger partial charge is 0.315 e. The lowest BCUT2D eigenvalue weighted by atomic mass is 9.89. The van der Waals surface area contributed by atoms with E-state index in [9.17, 15) is 4.79 Å². The molecule has 0 radical (unpaired) electrons. The van der Waals surface area contributed by atoms with E-state index < -0.39 is 0 Å². The van der Waals surface area contributed by atoms with Gasteiger partial charge in [-0.25, -0.2) is 4.79 Å². The molecule has 4 heteroatoms. The molecule has 2 aliphatic carbocycles. The van der Waals surface area contributed by atoms with Gasteiger partial charge in [0.1, 0.15) is 0 Å². The van der Waals surface area contributed by atoms with E-state index in [2.05, 4.69) is 10.6 Å². The maximum atomic E-state index is 12.0. The summed E-state index contributed by atoms with van der Waals surface area (Å²) in [6.45, 7) is 0.870. The van der Waals surface area contributed by atoms with Crippen LogP contribution in [0.4, 0.5) is 4.79 Å². The molecule has 2 heterocycles. The van der Waals surface area contributed by atoms with Crippen LogP contribution >= 0.6 is 0 Å². The molecule has 4 nitrogen and oxygen atoms in total. The van der Waals surface area contributed by atoms with Gasteiger partial charge >= 0.3 is 6.03 Å². The van der Waals surface area contributed by atoms with Crippen molar-refractivity contribution in [2.24, 2.45) is 17.8 Å². The molecule has 106 valence electrons. The molecule has 0 aromatic rings. The molecule has 2 aliphatic heterocycles. The first-order valence-electron chi connectivity index (χ1n) is 7.98. The van der Waals surface area contributed by atoms with Crippen molar-refractivity contribution in [2.75, 3.05) is 6.54 Å². The molecule has 0 aromatic carbocycles. The van der Waals surface area contributed by atoms with Crippen LogP contribution < -0.4 is 10.6 Å². The molecule has 2 amide bonds. The topological polar surface area (TPSA) is 50.4 Å². The third-order valence-corrected chi connectivity index (χ3v) is 5.83. The predicted molar refractivity (Wildman–Crippen MR) is 71.8 cm³/mol. The molecule has 0 aromatic heterocycles. The number of fused-ring (bicyclic) bond motifs is 4. The number of ether oxygens (including phenoxy) is 1. The van der Waals surface area contributed by atoms with E-state index in [1.54, 1.807) is 0 Å². The quantitative estimate of drug-likeness (QED) is 0.819. The lowest BCUT2D eigenvalue weighted by Crippen LogP contribution is -2.47. The maximum absolute atomic E-state index is 12.0. The highest BCUT2D eigenvalue weighted by Gasteiger charge is 2.42. The highest BCUT2D eigenvalue weighted by molar-refractivity contribution is 5.74. The Kier molecular flexibility index (Phi) is 2.94. The second-order valence-electron chi connectivity index (χ2n) is 7.01. The van der Waals surface area contributed by atoms with Crippen molar-refractivity contribution in [1.29, 1.82) is 0 Å². The van der Waals surface area contributed by atoms with Crippen LogP contribution in [0.5, 0.6) is 0 Å². The number of hydrogen-bond donors (Lipinski definition) is 2. The average Bonchev–Trinajstić information content (AvgIpc) is 3.16. The Balaban J connectivity index is 1.22. The number of carbonyl (C=O) groups is 1. The Morgan fingerprint density at radius 2 is 2.05 bits per heavy atom. The minimum atomic E-state index is 0.0175. The highest BCUT2D eigenvalue weighted by Crippen LogP contribution is 2.47. The van der Waals surface area contributed by atoms with Crippen LogP contribution in [0.1, 0.15) is 44.9 Å². The molecule has 19 heavy (non-hydrogen) atoms. The van der Waals surface area contributed by atoms with Crippen LogP contribution in [0, 0.1) is 17.8 Å². The fraction of sp³-hybridized carbons (Fsp3) is 0.933. The van der Waals surface area contributed by atoms with E-state index in [0.29, 0.717) is 6.10 Å². The van der Waals surface area contributed by atoms with E-state index in [1.807, 2.05) is 0 Å². The summed E-state index contributed by atoms with van der Waals surface area (Å²) in [5.74, 6) is 2.58. The number of hydrogen-bond acceptors (Lipinski definition) is 2. The second-order valence-corrected chi connectivity index (χ2v) is 7.01. The van der Waals surface area contributed by atoms with Gasteiger partial charge in [0.2, 0.25) is 0 Å². The molecule has 4 fully saturated rings. The molecule has 4 bridgehead atoms. The lowest BCUT2D eigenvalue weighted by molar-refractivity contribution is 0.0980. The fourth-order valence-corrected chi connectivity index (χ4v) is 4.86. The zero-order valence-corrected chi connectivity index (χ0v) is 11.4. The van der Waals surface area contributed by atoms with Crippen molar-refractivity contribution in [3.63, 3.8) is 0 Å². The van der Waals surface area contributed by atoms with Gasteiger partial charge in [-0.3, -0.25) is 0 Å². The summed E-state index contributed by atoms with van der Waals surface area (Å²) >= 11 is 0. The monoisotopic (exact) mass is 264 g/mol. The summed E-state index contributed by atoms with van der Waals surface area (Å²) in [6.07, 6.45) is 9.54. The number of carbonyl (C=O) groups excluding carboxylic acids is 1. The summed E-state index contributed by atoms with van der Waals surface area (Å²) in [4.78, 5) is 12.0. The Labute approximate surface area is 114 Å². The summed E-state index contributed by atoms with van der Waals surface area (Å²) < 4.78 is 5.76. The zero-order valence-electron chi connectivity index (χ0n) is 11.4. The van der Waals surface area contributed by atoms with E-state index in [4.69, 9.17) is 4.74 Å². The van der Waals surface area contributed by atoms with Gasteiger partial charge in [0, 0.05) is 6.54 Å². The third-order valence-electron chi connectivity index (χ3n) is 5.83. The van der Waals surface area contributed by atoms with Gasteiger partial charge in [0.05, 0.1) is 18.2 Å². The largest absolute Gasteiger partial charge is 0.373 e. The van der Waals surface area contributed by atoms with Gasteiger partial charge in [-0.2, -0.15) is 0 Å². The van der Waals surface area contributed by atoms with Crippen molar-refractivity contribution in [1.82, 2.24) is 10.6 Å². The zero-order chi connectivity index (χ0) is 12.8. The predicted octanol–water partition coefficient (Wildman–Crippen LogP) is 2.04. The van der Waals surface area contributed by atoms with Gasteiger partial charge in [0.25, 0.3) is 0 Å². The number of nitrogens with one attached hydrogen (secondary N) is 2. The first kappa shape index (κ1) is 12.0. The van der Waals surface area contributed by atoms with Gasteiger partial charge < -0.3 is 15.4 Å². The third kappa shape index (κ3) is 2.24. The Hall–Kier alpha value is -0.770. The van der Waals surface area contributed by atoms with Crippen molar-refractivity contribution in [3.05, 3.63) is 0 Å². The first-order valence-corrected chi connectivity index (χ1v) is 7.98. The van der Waals surface area contributed by atoms with E-state index in [0.717, 1.165) is 37.1 Å². The van der Waals surface area contributed by atoms with Gasteiger partial charge in [-0.05, 0) is 56.3 Å². The minimum Gasteiger partial charge on any atom is -0.373 e. The normalized spacial score (nSPS) is 46.7. The van der Waals surface area contributed by atoms with E-state index >= 15 is 0 Å². The number of amides is 2. The number of rotatable bonds is 3. The van der Waals surface area contributed by atoms with Crippen LogP contribution in [0.2, 0.25) is 0 Å². The van der Waals surface area contributed by atoms with Crippen molar-refractivity contribution in [2.45, 2.75) is 63.2 Å². The van der Waals surface area contributed by atoms with Crippen LogP contribution in [0.15, 0.2) is 0 Å². The molecular weight excluding hydrogens is 240 g/mol. The fourth-order valence-electron chi connectivity index (χ4n) is 4.86. The van der Waals surface area contributed by atoms with Gasteiger partial charge in [-0.15, -0.1) is 0 Å². The summed E-state index contributed by atoms with van der Waals surface area (Å²) in [5.41, 5.74) is 0. The van der Waals surface area contributed by atoms with Crippen molar-refractivity contribution >= 4 is 6.03 Å². The van der Waals surface area contributed by atoms with Gasteiger partial charge in [0.15, 0.2) is 0 Å². The lowest BCUT2D eigenvalue weighted by Gasteiger charge is -2.24. The minimum absolute atomic E-state index is 0.0175. The summed E-state index contributed by atoms with van der Waals surface area (Å²) in [6, 6.07) is 0.266. The standard InChI is InChI=1S/C15H24N2O2/c18-15(17-13-7-12-3-4-14(13)19-12)16-8-11-6-9-1-2-10(11)5-9/h9-14H,1-8H2,(H2,16,17,18). The molecule has 4 aliphatic rings. The average molecular weight is 264 g/mol. The molecule has 0 spiro atoms. The van der Waals surface area contributed by atoms with Crippen LogP contribution in [-0.2, 0) is 4.74 Å². The molecule has 2 saturated carbocycles. The summed E-state index contributed by atoms with van der Waals surface area (Å²) in [7, 11) is 0. The molecule has 2 N–H and O–H groups in total. The molecule has 6 atom stereocenters. The highest BCUT2D eigenvalue weighted by atomic mass is 16.5. The molecule has 4 rings (SSSR count). The Morgan fingerprint density at radius 3 is 2.68 bits per heavy atom. The van der Waals surface area contributed by atoms with Crippen molar-refractivity contribution < 1.29 is 9.53 Å². The van der Waals surface area contributed by atoms with Crippen LogP contribution in [0.25, 0.3) is 0 Å². The molecular formula is C15H24N2O2. The second kappa shape index (κ2) is 4.65. The molecule has 6 unspecified atom stereocenters. The van der Waals surface area contributed by atoms with E-state index in [-0.39, 0.29) is 18.2 Å². The maximum Gasteiger partial charge on any atom is 0.315 e. The van der Waals surface area contributed by atoms with Gasteiger partial charge in [-0.1, -0.05) is 6.42 Å². The Bertz CT molecular complexity index is 373. The molecule has 2 saturated heterocycles. The van der Waals surface area contributed by atoms with Crippen molar-refractivity contribution in [3.8, 4) is 0 Å². The first-order chi connectivity index (χ1) is 9.28.